The van der Waals surface area contributed by atoms with E-state index in [4.69, 9.17) is 0 Å². The molecule has 1 saturated carbocycles. The number of hydrogen-bond donors (Lipinski definition) is 0. The molecule has 2 aliphatic carbocycles. The molecule has 0 aromatic heterocycles. The second-order valence-electron chi connectivity index (χ2n) is 7.99. The molecule has 2 amide bonds. The summed E-state index contributed by atoms with van der Waals surface area (Å²) in [7, 11) is 0. The molecule has 1 heterocycles. The normalized spacial score (nSPS) is 29.0. The van der Waals surface area contributed by atoms with Gasteiger partial charge in [-0.1, -0.05) is 48.1 Å². The largest absolute Gasteiger partial charge is 0.416 e. The van der Waals surface area contributed by atoms with Gasteiger partial charge in [-0.05, 0) is 42.3 Å². The Balaban J connectivity index is 1.50. The van der Waals surface area contributed by atoms with Gasteiger partial charge in [-0.2, -0.15) is 13.2 Å². The van der Waals surface area contributed by atoms with E-state index in [1.54, 1.807) is 24.3 Å². The minimum Gasteiger partial charge on any atom is -0.274 e. The Morgan fingerprint density at radius 1 is 0.833 bits per heavy atom. The Hall–Kier alpha value is -3.15. The SMILES string of the molecule is CC(=C1[C@H]2C=C[C@@H]1[C@@H]1C(=O)N(c3ccccc3)C(=O)[C@@H]12)c1ccc(C(F)(F)F)cc1. The van der Waals surface area contributed by atoms with Gasteiger partial charge in [0.15, 0.2) is 0 Å². The highest BCUT2D eigenvalue weighted by atomic mass is 19.4. The molecule has 2 aromatic carbocycles. The molecule has 0 unspecified atom stereocenters. The maximum atomic E-state index is 13.2. The van der Waals surface area contributed by atoms with Crippen molar-refractivity contribution in [2.75, 3.05) is 4.90 Å². The number of benzene rings is 2. The second kappa shape index (κ2) is 6.42. The number of carbonyl (C=O) groups is 2. The van der Waals surface area contributed by atoms with Crippen LogP contribution in [-0.2, 0) is 15.8 Å². The summed E-state index contributed by atoms with van der Waals surface area (Å²) in [5.41, 5.74) is 2.37. The standard InChI is InChI=1S/C24H18F3NO2/c1-13(14-7-9-15(10-8-14)24(25,26)27)19-17-11-12-18(19)21-20(17)22(29)28(23(21)30)16-5-3-2-4-6-16/h2-12,17-18,20-21H,1H3/t17-,18+,20-,21+. The molecular weight excluding hydrogens is 391 g/mol. The van der Waals surface area contributed by atoms with Gasteiger partial charge in [0, 0.05) is 11.8 Å². The van der Waals surface area contributed by atoms with E-state index >= 15 is 0 Å². The first-order valence-electron chi connectivity index (χ1n) is 9.78. The molecule has 0 spiro atoms. The van der Waals surface area contributed by atoms with Crippen LogP contribution in [0.4, 0.5) is 18.9 Å². The second-order valence-corrected chi connectivity index (χ2v) is 7.99. The van der Waals surface area contributed by atoms with E-state index in [9.17, 15) is 22.8 Å². The highest BCUT2D eigenvalue weighted by Crippen LogP contribution is 2.58. The predicted octanol–water partition coefficient (Wildman–Crippen LogP) is 5.10. The molecule has 30 heavy (non-hydrogen) atoms. The van der Waals surface area contributed by atoms with E-state index in [-0.39, 0.29) is 23.7 Å². The zero-order valence-electron chi connectivity index (χ0n) is 16.1. The molecule has 4 atom stereocenters. The number of fused-ring (bicyclic) bond motifs is 5. The van der Waals surface area contributed by atoms with Gasteiger partial charge in [0.1, 0.15) is 0 Å². The fourth-order valence-electron chi connectivity index (χ4n) is 5.17. The van der Waals surface area contributed by atoms with Crippen LogP contribution in [0.25, 0.3) is 5.57 Å². The summed E-state index contributed by atoms with van der Waals surface area (Å²) in [4.78, 5) is 27.6. The van der Waals surface area contributed by atoms with Crippen molar-refractivity contribution in [3.8, 4) is 0 Å². The molecule has 5 rings (SSSR count). The summed E-state index contributed by atoms with van der Waals surface area (Å²) < 4.78 is 38.6. The third kappa shape index (κ3) is 2.59. The summed E-state index contributed by atoms with van der Waals surface area (Å²) in [5, 5.41) is 0. The van der Waals surface area contributed by atoms with E-state index < -0.39 is 23.6 Å². The lowest BCUT2D eigenvalue weighted by molar-refractivity contribution is -0.137. The van der Waals surface area contributed by atoms with Crippen molar-refractivity contribution >= 4 is 23.1 Å². The van der Waals surface area contributed by atoms with Crippen molar-refractivity contribution in [2.24, 2.45) is 23.7 Å². The molecule has 2 aromatic rings. The van der Waals surface area contributed by atoms with Crippen LogP contribution in [-0.4, -0.2) is 11.8 Å². The average molecular weight is 409 g/mol. The van der Waals surface area contributed by atoms with Gasteiger partial charge in [-0.15, -0.1) is 0 Å². The molecular formula is C24H18F3NO2. The number of anilines is 1. The summed E-state index contributed by atoms with van der Waals surface area (Å²) in [6.45, 7) is 1.86. The first kappa shape index (κ1) is 18.9. The maximum absolute atomic E-state index is 13.2. The van der Waals surface area contributed by atoms with Crippen molar-refractivity contribution in [2.45, 2.75) is 13.1 Å². The van der Waals surface area contributed by atoms with Gasteiger partial charge in [0.2, 0.25) is 11.8 Å². The van der Waals surface area contributed by atoms with E-state index in [2.05, 4.69) is 0 Å². The van der Waals surface area contributed by atoms with Gasteiger partial charge >= 0.3 is 6.18 Å². The summed E-state index contributed by atoms with van der Waals surface area (Å²) in [6.07, 6.45) is -0.451. The van der Waals surface area contributed by atoms with Crippen molar-refractivity contribution in [3.05, 3.63) is 83.4 Å². The Morgan fingerprint density at radius 2 is 1.37 bits per heavy atom. The molecule has 1 saturated heterocycles. The van der Waals surface area contributed by atoms with Gasteiger partial charge in [0.25, 0.3) is 0 Å². The number of para-hydroxylation sites is 1. The quantitative estimate of drug-likeness (QED) is 0.511. The minimum absolute atomic E-state index is 0.201. The van der Waals surface area contributed by atoms with Crippen LogP contribution in [0.15, 0.2) is 72.3 Å². The van der Waals surface area contributed by atoms with Crippen molar-refractivity contribution in [1.29, 1.82) is 0 Å². The predicted molar refractivity (Wildman–Crippen MR) is 106 cm³/mol. The number of halogens is 3. The zero-order valence-corrected chi connectivity index (χ0v) is 16.1. The summed E-state index contributed by atoms with van der Waals surface area (Å²) in [6, 6.07) is 13.9. The number of carbonyl (C=O) groups excluding carboxylic acids is 2. The van der Waals surface area contributed by atoms with Crippen LogP contribution in [0, 0.1) is 23.7 Å². The van der Waals surface area contributed by atoms with E-state index in [1.165, 1.54) is 17.0 Å². The molecule has 3 aliphatic rings. The molecule has 1 aliphatic heterocycles. The fraction of sp³-hybridized carbons (Fsp3) is 0.250. The van der Waals surface area contributed by atoms with Crippen LogP contribution in [0.5, 0.6) is 0 Å². The lowest BCUT2D eigenvalue weighted by Gasteiger charge is -2.20. The van der Waals surface area contributed by atoms with Gasteiger partial charge in [-0.3, -0.25) is 9.59 Å². The van der Waals surface area contributed by atoms with Crippen LogP contribution in [0.2, 0.25) is 0 Å². The van der Waals surface area contributed by atoms with E-state index in [0.717, 1.165) is 23.3 Å². The lowest BCUT2D eigenvalue weighted by Crippen LogP contribution is -2.33. The number of hydrogen-bond acceptors (Lipinski definition) is 2. The fourth-order valence-corrected chi connectivity index (χ4v) is 5.17. The van der Waals surface area contributed by atoms with Crippen molar-refractivity contribution < 1.29 is 22.8 Å². The first-order valence-corrected chi connectivity index (χ1v) is 9.78. The van der Waals surface area contributed by atoms with Crippen LogP contribution in [0.1, 0.15) is 18.1 Å². The Kier molecular flexibility index (Phi) is 4.04. The summed E-state index contributed by atoms with van der Waals surface area (Å²) >= 11 is 0. The van der Waals surface area contributed by atoms with E-state index in [0.29, 0.717) is 11.3 Å². The highest BCUT2D eigenvalue weighted by Gasteiger charge is 2.62. The van der Waals surface area contributed by atoms with E-state index in [1.807, 2.05) is 25.1 Å². The maximum Gasteiger partial charge on any atom is 0.416 e. The van der Waals surface area contributed by atoms with Crippen LogP contribution in [0.3, 0.4) is 0 Å². The average Bonchev–Trinajstić information content (AvgIpc) is 3.37. The third-order valence-corrected chi connectivity index (χ3v) is 6.51. The van der Waals surface area contributed by atoms with Gasteiger partial charge in [-0.25, -0.2) is 4.90 Å². The Morgan fingerprint density at radius 3 is 1.87 bits per heavy atom. The third-order valence-electron chi connectivity index (χ3n) is 6.51. The minimum atomic E-state index is -4.38. The van der Waals surface area contributed by atoms with Crippen molar-refractivity contribution in [1.82, 2.24) is 0 Å². The molecule has 2 bridgehead atoms. The Labute approximate surface area is 171 Å². The number of rotatable bonds is 2. The Bertz CT molecular complexity index is 1070. The van der Waals surface area contributed by atoms with Gasteiger partial charge in [0.05, 0.1) is 23.1 Å². The number of amides is 2. The topological polar surface area (TPSA) is 37.4 Å². The van der Waals surface area contributed by atoms with Crippen molar-refractivity contribution in [3.63, 3.8) is 0 Å². The molecule has 6 heteroatoms. The smallest absolute Gasteiger partial charge is 0.274 e. The number of allylic oxidation sites excluding steroid dienone is 4. The first-order chi connectivity index (χ1) is 14.3. The van der Waals surface area contributed by atoms with Crippen LogP contribution >= 0.6 is 0 Å². The monoisotopic (exact) mass is 409 g/mol. The highest BCUT2D eigenvalue weighted by molar-refractivity contribution is 6.23. The molecule has 2 fully saturated rings. The zero-order chi connectivity index (χ0) is 21.2. The van der Waals surface area contributed by atoms with Crippen LogP contribution < -0.4 is 4.90 Å². The number of nitrogens with zero attached hydrogens (tertiary/aromatic N) is 1. The van der Waals surface area contributed by atoms with Gasteiger partial charge < -0.3 is 0 Å². The molecule has 0 radical (unpaired) electrons. The number of alkyl halides is 3. The number of imide groups is 1. The lowest BCUT2D eigenvalue weighted by atomic mass is 9.85. The molecule has 3 nitrogen and oxygen atoms in total. The molecule has 152 valence electrons. The molecule has 0 N–H and O–H groups in total. The summed E-state index contributed by atoms with van der Waals surface area (Å²) in [5.74, 6) is -1.71.